The summed E-state index contributed by atoms with van der Waals surface area (Å²) in [5, 5.41) is 0. The second kappa shape index (κ2) is 3.96. The third-order valence-corrected chi connectivity index (χ3v) is 3.44. The van der Waals surface area contributed by atoms with Gasteiger partial charge in [0.2, 0.25) is 0 Å². The molecule has 0 bridgehead atoms. The third kappa shape index (κ3) is 2.39. The van der Waals surface area contributed by atoms with Crippen LogP contribution in [0.5, 0.6) is 0 Å². The van der Waals surface area contributed by atoms with E-state index in [1.54, 1.807) is 0 Å². The van der Waals surface area contributed by atoms with Crippen molar-refractivity contribution < 1.29 is 0 Å². The lowest BCUT2D eigenvalue weighted by Crippen LogP contribution is -2.16. The van der Waals surface area contributed by atoms with E-state index in [4.69, 9.17) is 0 Å². The van der Waals surface area contributed by atoms with E-state index in [1.165, 1.54) is 36.9 Å². The smallest absolute Gasteiger partial charge is 0.0434 e. The molecule has 0 unspecified atom stereocenters. The van der Waals surface area contributed by atoms with Crippen LogP contribution in [0.1, 0.15) is 63.6 Å². The van der Waals surface area contributed by atoms with Gasteiger partial charge < -0.3 is 0 Å². The van der Waals surface area contributed by atoms with Gasteiger partial charge in [-0.25, -0.2) is 0 Å². The summed E-state index contributed by atoms with van der Waals surface area (Å²) in [5.74, 6) is 0.772. The molecule has 1 aliphatic carbocycles. The summed E-state index contributed by atoms with van der Waals surface area (Å²) in [6, 6.07) is 4.50. The first-order chi connectivity index (χ1) is 7.13. The van der Waals surface area contributed by atoms with Gasteiger partial charge in [0.15, 0.2) is 0 Å². The Labute approximate surface area is 92.9 Å². The molecule has 0 aliphatic heterocycles. The van der Waals surface area contributed by atoms with E-state index in [0.29, 0.717) is 0 Å². The maximum Gasteiger partial charge on any atom is 0.0434 e. The molecule has 15 heavy (non-hydrogen) atoms. The van der Waals surface area contributed by atoms with E-state index in [2.05, 4.69) is 44.1 Å². The molecule has 1 heterocycles. The normalized spacial score (nSPS) is 16.7. The minimum absolute atomic E-state index is 0.282. The number of hydrogen-bond donors (Lipinski definition) is 0. The molecule has 0 amide bonds. The van der Waals surface area contributed by atoms with Crippen LogP contribution >= 0.6 is 0 Å². The van der Waals surface area contributed by atoms with E-state index in [1.807, 2.05) is 0 Å². The maximum absolute atomic E-state index is 4.59. The van der Waals surface area contributed by atoms with Gasteiger partial charge in [0.05, 0.1) is 0 Å². The zero-order chi connectivity index (χ0) is 10.9. The summed E-state index contributed by atoms with van der Waals surface area (Å²) in [6.07, 6.45) is 7.23. The molecular weight excluding hydrogens is 182 g/mol. The molecule has 82 valence electrons. The lowest BCUT2D eigenvalue weighted by atomic mass is 9.81. The lowest BCUT2D eigenvalue weighted by Gasteiger charge is -2.24. The van der Waals surface area contributed by atoms with Crippen LogP contribution in [0.2, 0.25) is 0 Å². The fourth-order valence-electron chi connectivity index (χ4n) is 2.20. The predicted molar refractivity (Wildman–Crippen MR) is 64.1 cm³/mol. The molecule has 0 aromatic carbocycles. The first-order valence-corrected chi connectivity index (χ1v) is 6.10. The predicted octanol–water partition coefficient (Wildman–Crippen LogP) is 4.04. The van der Waals surface area contributed by atoms with Crippen LogP contribution in [0, 0.1) is 0 Å². The Morgan fingerprint density at radius 1 is 1.33 bits per heavy atom. The molecule has 1 aromatic rings. The van der Waals surface area contributed by atoms with Crippen LogP contribution in [-0.4, -0.2) is 4.98 Å². The van der Waals surface area contributed by atoms with Crippen molar-refractivity contribution in [2.24, 2.45) is 0 Å². The minimum atomic E-state index is 0.282. The van der Waals surface area contributed by atoms with Gasteiger partial charge in [-0.3, -0.25) is 4.98 Å². The number of nitrogens with zero attached hydrogens (tertiary/aromatic N) is 1. The fraction of sp³-hybridized carbons (Fsp3) is 0.643. The van der Waals surface area contributed by atoms with Crippen molar-refractivity contribution in [1.29, 1.82) is 0 Å². The summed E-state index contributed by atoms with van der Waals surface area (Å²) < 4.78 is 0. The SMILES string of the molecule is CCCC(C)(C)c1ccc(C2CC2)nc1. The molecule has 0 saturated heterocycles. The highest BCUT2D eigenvalue weighted by Gasteiger charge is 2.26. The highest BCUT2D eigenvalue weighted by atomic mass is 14.7. The van der Waals surface area contributed by atoms with E-state index >= 15 is 0 Å². The first-order valence-electron chi connectivity index (χ1n) is 6.10. The van der Waals surface area contributed by atoms with Crippen molar-refractivity contribution >= 4 is 0 Å². The highest BCUT2D eigenvalue weighted by Crippen LogP contribution is 2.39. The molecule has 1 aliphatic rings. The first kappa shape index (κ1) is 10.7. The quantitative estimate of drug-likeness (QED) is 0.719. The number of aromatic nitrogens is 1. The largest absolute Gasteiger partial charge is 0.261 e. The molecule has 0 N–H and O–H groups in total. The van der Waals surface area contributed by atoms with Crippen LogP contribution in [0.4, 0.5) is 0 Å². The van der Waals surface area contributed by atoms with E-state index in [0.717, 1.165) is 5.92 Å². The van der Waals surface area contributed by atoms with Crippen molar-refractivity contribution in [2.45, 2.75) is 57.8 Å². The molecule has 1 nitrogen and oxygen atoms in total. The molecule has 0 spiro atoms. The van der Waals surface area contributed by atoms with Crippen molar-refractivity contribution in [2.75, 3.05) is 0 Å². The Morgan fingerprint density at radius 2 is 2.07 bits per heavy atom. The second-order valence-electron chi connectivity index (χ2n) is 5.38. The van der Waals surface area contributed by atoms with Crippen molar-refractivity contribution in [3.63, 3.8) is 0 Å². The Morgan fingerprint density at radius 3 is 2.53 bits per heavy atom. The Hall–Kier alpha value is -0.850. The minimum Gasteiger partial charge on any atom is -0.261 e. The zero-order valence-electron chi connectivity index (χ0n) is 10.1. The summed E-state index contributed by atoms with van der Waals surface area (Å²) in [6.45, 7) is 6.86. The van der Waals surface area contributed by atoms with Gasteiger partial charge in [0, 0.05) is 17.8 Å². The molecule has 1 saturated carbocycles. The lowest BCUT2D eigenvalue weighted by molar-refractivity contribution is 0.471. The van der Waals surface area contributed by atoms with Crippen LogP contribution in [-0.2, 0) is 5.41 Å². The zero-order valence-corrected chi connectivity index (χ0v) is 10.1. The standard InChI is InChI=1S/C14H21N/c1-4-9-14(2,3)12-7-8-13(15-10-12)11-5-6-11/h7-8,10-11H,4-6,9H2,1-3H3. The number of pyridine rings is 1. The maximum atomic E-state index is 4.59. The molecular formula is C14H21N. The summed E-state index contributed by atoms with van der Waals surface area (Å²) in [4.78, 5) is 4.59. The van der Waals surface area contributed by atoms with Crippen LogP contribution in [0.15, 0.2) is 18.3 Å². The van der Waals surface area contributed by atoms with Gasteiger partial charge in [-0.2, -0.15) is 0 Å². The van der Waals surface area contributed by atoms with Gasteiger partial charge in [-0.15, -0.1) is 0 Å². The molecule has 1 aromatic heterocycles. The monoisotopic (exact) mass is 203 g/mol. The highest BCUT2D eigenvalue weighted by molar-refractivity contribution is 5.25. The number of rotatable bonds is 4. The summed E-state index contributed by atoms with van der Waals surface area (Å²) >= 11 is 0. The van der Waals surface area contributed by atoms with Gasteiger partial charge in [-0.05, 0) is 36.3 Å². The summed E-state index contributed by atoms with van der Waals surface area (Å²) in [7, 11) is 0. The average molecular weight is 203 g/mol. The van der Waals surface area contributed by atoms with Gasteiger partial charge in [0.1, 0.15) is 0 Å². The van der Waals surface area contributed by atoms with Crippen LogP contribution < -0.4 is 0 Å². The molecule has 1 heteroatoms. The molecule has 1 fully saturated rings. The summed E-state index contributed by atoms with van der Waals surface area (Å²) in [5.41, 5.74) is 2.96. The number of hydrogen-bond acceptors (Lipinski definition) is 1. The van der Waals surface area contributed by atoms with E-state index in [-0.39, 0.29) is 5.41 Å². The second-order valence-corrected chi connectivity index (χ2v) is 5.38. The Bertz CT molecular complexity index is 320. The van der Waals surface area contributed by atoms with Crippen molar-refractivity contribution in [3.05, 3.63) is 29.6 Å². The van der Waals surface area contributed by atoms with Gasteiger partial charge in [0.25, 0.3) is 0 Å². The third-order valence-electron chi connectivity index (χ3n) is 3.44. The van der Waals surface area contributed by atoms with E-state index in [9.17, 15) is 0 Å². The topological polar surface area (TPSA) is 12.9 Å². The molecule has 2 rings (SSSR count). The Kier molecular flexibility index (Phi) is 2.81. The average Bonchev–Trinajstić information content (AvgIpc) is 3.01. The van der Waals surface area contributed by atoms with Crippen LogP contribution in [0.3, 0.4) is 0 Å². The van der Waals surface area contributed by atoms with Gasteiger partial charge in [-0.1, -0.05) is 33.3 Å². The van der Waals surface area contributed by atoms with Crippen LogP contribution in [0.25, 0.3) is 0 Å². The van der Waals surface area contributed by atoms with Gasteiger partial charge >= 0.3 is 0 Å². The Balaban J connectivity index is 2.14. The fourth-order valence-corrected chi connectivity index (χ4v) is 2.20. The van der Waals surface area contributed by atoms with Crippen molar-refractivity contribution in [1.82, 2.24) is 4.98 Å². The van der Waals surface area contributed by atoms with Crippen molar-refractivity contribution in [3.8, 4) is 0 Å². The molecule has 0 radical (unpaired) electrons. The molecule has 0 atom stereocenters. The van der Waals surface area contributed by atoms with E-state index < -0.39 is 0 Å².